The van der Waals surface area contributed by atoms with Crippen LogP contribution in [0.1, 0.15) is 47.7 Å². The molecule has 0 spiro atoms. The predicted molar refractivity (Wildman–Crippen MR) is 162 cm³/mol. The molecule has 8 heteroatoms. The number of ether oxygens (including phenoxy) is 3. The zero-order chi connectivity index (χ0) is 28.8. The minimum Gasteiger partial charge on any atom is -0.489 e. The van der Waals surface area contributed by atoms with Crippen LogP contribution in [0.15, 0.2) is 91.0 Å². The van der Waals surface area contributed by atoms with Crippen molar-refractivity contribution in [3.63, 3.8) is 0 Å². The van der Waals surface area contributed by atoms with Crippen LogP contribution < -0.4 is 25.3 Å². The zero-order valence-electron chi connectivity index (χ0n) is 22.7. The van der Waals surface area contributed by atoms with Gasteiger partial charge in [-0.15, -0.1) is 0 Å². The molecule has 41 heavy (non-hydrogen) atoms. The standard InChI is InChI=1S/C33H32Cl2N2O4/c1-2-28(23-6-4-3-5-7-23)37-29(33(36)38)17-21-9-15-30-31(18-21)40-20-32(41-30)24-10-12-25(13-11-24)39-19-22-8-14-26(34)27(35)16-22/h3-16,18,28-29,32,37H,2,17,19-20H2,1H3,(H2,36,38)/t28-,29-,32+/m0/s1. The molecule has 0 saturated heterocycles. The Morgan fingerprint density at radius 1 is 0.951 bits per heavy atom. The van der Waals surface area contributed by atoms with Gasteiger partial charge in [0.2, 0.25) is 5.91 Å². The van der Waals surface area contributed by atoms with Gasteiger partial charge in [0.15, 0.2) is 17.6 Å². The van der Waals surface area contributed by atoms with Gasteiger partial charge in [-0.2, -0.15) is 0 Å². The Morgan fingerprint density at radius 2 is 1.71 bits per heavy atom. The van der Waals surface area contributed by atoms with Crippen molar-refractivity contribution in [2.24, 2.45) is 5.73 Å². The van der Waals surface area contributed by atoms with Crippen LogP contribution in [0, 0.1) is 0 Å². The van der Waals surface area contributed by atoms with E-state index in [2.05, 4.69) is 24.4 Å². The number of nitrogens with two attached hydrogens (primary N) is 1. The average molecular weight is 592 g/mol. The van der Waals surface area contributed by atoms with Gasteiger partial charge in [-0.1, -0.05) is 84.7 Å². The maximum Gasteiger partial charge on any atom is 0.234 e. The minimum atomic E-state index is -0.520. The fourth-order valence-corrected chi connectivity index (χ4v) is 5.16. The highest BCUT2D eigenvalue weighted by Crippen LogP contribution is 2.37. The van der Waals surface area contributed by atoms with Crippen LogP contribution in [-0.4, -0.2) is 18.6 Å². The van der Waals surface area contributed by atoms with Gasteiger partial charge >= 0.3 is 0 Å². The summed E-state index contributed by atoms with van der Waals surface area (Å²) in [7, 11) is 0. The molecule has 5 rings (SSSR count). The van der Waals surface area contributed by atoms with Crippen molar-refractivity contribution in [1.29, 1.82) is 0 Å². The molecule has 0 saturated carbocycles. The molecule has 0 unspecified atom stereocenters. The van der Waals surface area contributed by atoms with Crippen LogP contribution >= 0.6 is 23.2 Å². The summed E-state index contributed by atoms with van der Waals surface area (Å²) in [6.07, 6.45) is 1.02. The van der Waals surface area contributed by atoms with Crippen LogP contribution in [0.2, 0.25) is 10.0 Å². The maximum absolute atomic E-state index is 12.3. The van der Waals surface area contributed by atoms with Crippen molar-refractivity contribution < 1.29 is 19.0 Å². The van der Waals surface area contributed by atoms with Crippen LogP contribution in [0.25, 0.3) is 0 Å². The highest BCUT2D eigenvalue weighted by atomic mass is 35.5. The number of benzene rings is 4. The second-order valence-corrected chi connectivity index (χ2v) is 10.8. The molecular weight excluding hydrogens is 559 g/mol. The van der Waals surface area contributed by atoms with Gasteiger partial charge in [-0.3, -0.25) is 10.1 Å². The van der Waals surface area contributed by atoms with Gasteiger partial charge in [-0.05, 0) is 71.5 Å². The fourth-order valence-electron chi connectivity index (χ4n) is 4.84. The number of hydrogen-bond donors (Lipinski definition) is 2. The number of hydrogen-bond acceptors (Lipinski definition) is 5. The lowest BCUT2D eigenvalue weighted by molar-refractivity contribution is -0.120. The van der Waals surface area contributed by atoms with E-state index in [9.17, 15) is 4.79 Å². The molecule has 3 atom stereocenters. The van der Waals surface area contributed by atoms with E-state index < -0.39 is 11.9 Å². The summed E-state index contributed by atoms with van der Waals surface area (Å²) >= 11 is 12.1. The van der Waals surface area contributed by atoms with Crippen molar-refractivity contribution in [2.45, 2.75) is 44.6 Å². The highest BCUT2D eigenvalue weighted by Gasteiger charge is 2.25. The largest absolute Gasteiger partial charge is 0.489 e. The molecule has 0 aromatic heterocycles. The summed E-state index contributed by atoms with van der Waals surface area (Å²) in [5.41, 5.74) is 9.75. The van der Waals surface area contributed by atoms with Crippen LogP contribution in [0.3, 0.4) is 0 Å². The Kier molecular flexibility index (Phi) is 9.35. The second kappa shape index (κ2) is 13.3. The Bertz CT molecular complexity index is 1480. The molecule has 0 fully saturated rings. The summed E-state index contributed by atoms with van der Waals surface area (Å²) in [5.74, 6) is 1.65. The quantitative estimate of drug-likeness (QED) is 0.193. The smallest absolute Gasteiger partial charge is 0.234 e. The molecule has 3 N–H and O–H groups in total. The first-order valence-electron chi connectivity index (χ1n) is 13.6. The van der Waals surface area contributed by atoms with E-state index in [4.69, 9.17) is 43.1 Å². The molecule has 1 heterocycles. The minimum absolute atomic E-state index is 0.0272. The van der Waals surface area contributed by atoms with E-state index in [0.717, 1.165) is 34.4 Å². The number of carbonyl (C=O) groups excluding carboxylic acids is 1. The third-order valence-electron chi connectivity index (χ3n) is 7.10. The summed E-state index contributed by atoms with van der Waals surface area (Å²) in [4.78, 5) is 12.3. The third kappa shape index (κ3) is 7.33. The summed E-state index contributed by atoms with van der Waals surface area (Å²) < 4.78 is 18.2. The van der Waals surface area contributed by atoms with E-state index in [0.29, 0.717) is 41.2 Å². The number of nitrogens with one attached hydrogen (secondary N) is 1. The van der Waals surface area contributed by atoms with Crippen LogP contribution in [0.4, 0.5) is 0 Å². The molecule has 1 amide bonds. The molecule has 212 valence electrons. The molecule has 0 bridgehead atoms. The van der Waals surface area contributed by atoms with Crippen molar-refractivity contribution in [3.8, 4) is 17.2 Å². The number of carbonyl (C=O) groups is 1. The first-order chi connectivity index (χ1) is 19.9. The molecule has 0 aliphatic carbocycles. The molecule has 1 aliphatic heterocycles. The number of primary amides is 1. The topological polar surface area (TPSA) is 82.8 Å². The number of halogens is 2. The van der Waals surface area contributed by atoms with E-state index in [1.807, 2.05) is 66.7 Å². The Balaban J connectivity index is 1.19. The molecular formula is C33H32Cl2N2O4. The van der Waals surface area contributed by atoms with E-state index >= 15 is 0 Å². The average Bonchev–Trinajstić information content (AvgIpc) is 3.00. The highest BCUT2D eigenvalue weighted by molar-refractivity contribution is 6.42. The van der Waals surface area contributed by atoms with Gasteiger partial charge in [0.05, 0.1) is 16.1 Å². The first kappa shape index (κ1) is 28.8. The first-order valence-corrected chi connectivity index (χ1v) is 14.3. The van der Waals surface area contributed by atoms with Gasteiger partial charge < -0.3 is 19.9 Å². The van der Waals surface area contributed by atoms with Crippen molar-refractivity contribution in [2.75, 3.05) is 6.61 Å². The molecule has 6 nitrogen and oxygen atoms in total. The normalized spacial score (nSPS) is 15.6. The molecule has 0 radical (unpaired) electrons. The second-order valence-electron chi connectivity index (χ2n) is 10.0. The van der Waals surface area contributed by atoms with Gasteiger partial charge in [0.1, 0.15) is 19.0 Å². The van der Waals surface area contributed by atoms with E-state index in [1.165, 1.54) is 0 Å². The number of rotatable bonds is 11. The third-order valence-corrected chi connectivity index (χ3v) is 7.84. The number of fused-ring (bicyclic) bond motifs is 1. The van der Waals surface area contributed by atoms with E-state index in [-0.39, 0.29) is 12.1 Å². The molecule has 4 aromatic carbocycles. The maximum atomic E-state index is 12.3. The Labute approximate surface area is 250 Å². The lowest BCUT2D eigenvalue weighted by Crippen LogP contribution is -2.44. The SMILES string of the molecule is CC[C@H](N[C@@H](Cc1ccc2c(c1)OC[C@H](c1ccc(OCc3ccc(Cl)c(Cl)c3)cc1)O2)C(N)=O)c1ccccc1. The Hall–Kier alpha value is -3.71. The van der Waals surface area contributed by atoms with Crippen molar-refractivity contribution >= 4 is 29.1 Å². The summed E-state index contributed by atoms with van der Waals surface area (Å²) in [5, 5.41) is 4.46. The predicted octanol–water partition coefficient (Wildman–Crippen LogP) is 7.22. The molecule has 1 aliphatic rings. The molecule has 4 aromatic rings. The zero-order valence-corrected chi connectivity index (χ0v) is 24.2. The van der Waals surface area contributed by atoms with Crippen LogP contribution in [-0.2, 0) is 17.8 Å². The van der Waals surface area contributed by atoms with Crippen molar-refractivity contribution in [3.05, 3.63) is 123 Å². The summed E-state index contributed by atoms with van der Waals surface area (Å²) in [6, 6.07) is 28.5. The van der Waals surface area contributed by atoms with E-state index in [1.54, 1.807) is 12.1 Å². The van der Waals surface area contributed by atoms with Crippen molar-refractivity contribution in [1.82, 2.24) is 5.32 Å². The Morgan fingerprint density at radius 3 is 2.41 bits per heavy atom. The lowest BCUT2D eigenvalue weighted by Gasteiger charge is -2.28. The van der Waals surface area contributed by atoms with Gasteiger partial charge in [0.25, 0.3) is 0 Å². The van der Waals surface area contributed by atoms with Gasteiger partial charge in [-0.25, -0.2) is 0 Å². The lowest BCUT2D eigenvalue weighted by atomic mass is 9.99. The summed E-state index contributed by atoms with van der Waals surface area (Å²) in [6.45, 7) is 2.83. The fraction of sp³-hybridized carbons (Fsp3) is 0.242. The monoisotopic (exact) mass is 590 g/mol. The van der Waals surface area contributed by atoms with Crippen LogP contribution in [0.5, 0.6) is 17.2 Å². The number of amides is 1. The van der Waals surface area contributed by atoms with Gasteiger partial charge in [0, 0.05) is 6.04 Å².